The number of hydrogen-bond acceptors (Lipinski definition) is 3. The summed E-state index contributed by atoms with van der Waals surface area (Å²) in [6.07, 6.45) is 1.52. The lowest BCUT2D eigenvalue weighted by Crippen LogP contribution is -2.49. The van der Waals surface area contributed by atoms with Gasteiger partial charge in [0.25, 0.3) is 11.5 Å². The maximum Gasteiger partial charge on any atom is 0.261 e. The van der Waals surface area contributed by atoms with E-state index in [9.17, 15) is 9.59 Å². The number of nitrogens with two attached hydrogens (primary N) is 1. The van der Waals surface area contributed by atoms with Crippen LogP contribution in [-0.4, -0.2) is 23.0 Å². The molecule has 1 aromatic carbocycles. The van der Waals surface area contributed by atoms with Gasteiger partial charge in [-0.1, -0.05) is 32.0 Å². The Morgan fingerprint density at radius 3 is 2.55 bits per heavy atom. The largest absolute Gasteiger partial charge is 0.350 e. The number of carbonyl (C=O) groups is 1. The molecule has 1 aromatic heterocycles. The van der Waals surface area contributed by atoms with Gasteiger partial charge in [-0.25, -0.2) is 0 Å². The van der Waals surface area contributed by atoms with E-state index in [-0.39, 0.29) is 23.5 Å². The van der Waals surface area contributed by atoms with Gasteiger partial charge in [0.1, 0.15) is 5.56 Å². The molecule has 0 aliphatic carbocycles. The van der Waals surface area contributed by atoms with Crippen molar-refractivity contribution in [2.24, 2.45) is 5.73 Å². The van der Waals surface area contributed by atoms with E-state index in [1.807, 2.05) is 32.0 Å². The van der Waals surface area contributed by atoms with Gasteiger partial charge in [-0.05, 0) is 30.4 Å². The highest BCUT2D eigenvalue weighted by molar-refractivity contribution is 5.97. The fourth-order valence-electron chi connectivity index (χ4n) is 2.17. The second-order valence-corrected chi connectivity index (χ2v) is 5.35. The number of H-pyrrole nitrogens is 1. The molecular weight excluding hydrogens is 302 g/mol. The van der Waals surface area contributed by atoms with E-state index in [0.29, 0.717) is 12.1 Å². The van der Waals surface area contributed by atoms with Crippen molar-refractivity contribution in [1.82, 2.24) is 10.3 Å². The number of pyridine rings is 1. The number of halogens is 1. The van der Waals surface area contributed by atoms with Crippen LogP contribution in [0.4, 0.5) is 0 Å². The summed E-state index contributed by atoms with van der Waals surface area (Å²) in [5.41, 5.74) is 6.16. The molecule has 0 unspecified atom stereocenters. The molecule has 0 bridgehead atoms. The first-order valence-corrected chi connectivity index (χ1v) is 7.18. The van der Waals surface area contributed by atoms with E-state index in [2.05, 4.69) is 10.3 Å². The van der Waals surface area contributed by atoms with Crippen LogP contribution in [0.2, 0.25) is 0 Å². The minimum Gasteiger partial charge on any atom is -0.350 e. The number of nitrogens with one attached hydrogen (secondary N) is 2. The summed E-state index contributed by atoms with van der Waals surface area (Å²) in [5.74, 6) is -0.390. The van der Waals surface area contributed by atoms with Crippen molar-refractivity contribution in [3.8, 4) is 0 Å². The molecule has 0 aliphatic heterocycles. The summed E-state index contributed by atoms with van der Waals surface area (Å²) in [7, 11) is 0. The zero-order valence-corrected chi connectivity index (χ0v) is 13.6. The van der Waals surface area contributed by atoms with Crippen molar-refractivity contribution >= 4 is 29.2 Å². The van der Waals surface area contributed by atoms with Crippen LogP contribution in [-0.2, 0) is 0 Å². The molecule has 120 valence electrons. The summed E-state index contributed by atoms with van der Waals surface area (Å²) in [6, 6.07) is 8.97. The second kappa shape index (κ2) is 7.42. The molecule has 5 nitrogen and oxygen atoms in total. The smallest absolute Gasteiger partial charge is 0.261 e. The molecule has 0 saturated heterocycles. The van der Waals surface area contributed by atoms with Crippen LogP contribution in [0, 0.1) is 0 Å². The predicted molar refractivity (Wildman–Crippen MR) is 91.7 cm³/mol. The number of para-hydroxylation sites is 1. The molecule has 0 fully saturated rings. The van der Waals surface area contributed by atoms with Gasteiger partial charge in [0.15, 0.2) is 0 Å². The van der Waals surface area contributed by atoms with Gasteiger partial charge in [0, 0.05) is 17.6 Å². The fraction of sp³-hybridized carbons (Fsp3) is 0.375. The predicted octanol–water partition coefficient (Wildman–Crippen LogP) is 2.20. The summed E-state index contributed by atoms with van der Waals surface area (Å²) in [4.78, 5) is 26.9. The lowest BCUT2D eigenvalue weighted by Gasteiger charge is -2.26. The average Bonchev–Trinajstić information content (AvgIpc) is 2.51. The molecule has 4 N–H and O–H groups in total. The number of hydrogen-bond donors (Lipinski definition) is 3. The minimum atomic E-state index is -0.431. The average molecular weight is 324 g/mol. The maximum absolute atomic E-state index is 12.2. The summed E-state index contributed by atoms with van der Waals surface area (Å²) in [6.45, 7) is 4.32. The topological polar surface area (TPSA) is 88.0 Å². The third-order valence-electron chi connectivity index (χ3n) is 4.01. The normalized spacial score (nSPS) is 11.0. The molecule has 22 heavy (non-hydrogen) atoms. The first kappa shape index (κ1) is 18.2. The summed E-state index contributed by atoms with van der Waals surface area (Å²) in [5, 5.41) is 3.59. The van der Waals surface area contributed by atoms with E-state index in [1.54, 1.807) is 12.1 Å². The van der Waals surface area contributed by atoms with Crippen LogP contribution in [0.3, 0.4) is 0 Å². The van der Waals surface area contributed by atoms with Crippen LogP contribution in [0.15, 0.2) is 35.1 Å². The summed E-state index contributed by atoms with van der Waals surface area (Å²) >= 11 is 0. The van der Waals surface area contributed by atoms with E-state index >= 15 is 0 Å². The molecule has 6 heteroatoms. The fourth-order valence-corrected chi connectivity index (χ4v) is 2.17. The quantitative estimate of drug-likeness (QED) is 0.788. The number of aromatic amines is 1. The van der Waals surface area contributed by atoms with Crippen molar-refractivity contribution in [3.63, 3.8) is 0 Å². The monoisotopic (exact) mass is 323 g/mol. The van der Waals surface area contributed by atoms with Crippen molar-refractivity contribution in [2.45, 2.75) is 32.2 Å². The second-order valence-electron chi connectivity index (χ2n) is 5.35. The maximum atomic E-state index is 12.2. The number of fused-ring (bicyclic) bond motifs is 1. The third kappa shape index (κ3) is 3.87. The van der Waals surface area contributed by atoms with Gasteiger partial charge in [-0.15, -0.1) is 12.4 Å². The molecule has 0 radical (unpaired) electrons. The number of aromatic nitrogens is 1. The third-order valence-corrected chi connectivity index (χ3v) is 4.01. The van der Waals surface area contributed by atoms with Crippen molar-refractivity contribution in [2.75, 3.05) is 6.54 Å². The van der Waals surface area contributed by atoms with Gasteiger partial charge in [-0.3, -0.25) is 9.59 Å². The highest BCUT2D eigenvalue weighted by atomic mass is 35.5. The Balaban J connectivity index is 0.00000242. The Labute approximate surface area is 135 Å². The molecule has 0 saturated carbocycles. The zero-order valence-electron chi connectivity index (χ0n) is 12.8. The molecule has 1 heterocycles. The number of amides is 1. The van der Waals surface area contributed by atoms with Crippen LogP contribution in [0.25, 0.3) is 10.9 Å². The summed E-state index contributed by atoms with van der Waals surface area (Å²) < 4.78 is 0. The van der Waals surface area contributed by atoms with E-state index in [0.717, 1.165) is 18.2 Å². The van der Waals surface area contributed by atoms with Gasteiger partial charge in [-0.2, -0.15) is 0 Å². The Kier molecular flexibility index (Phi) is 6.14. The van der Waals surface area contributed by atoms with Gasteiger partial charge in [0.2, 0.25) is 0 Å². The molecule has 0 spiro atoms. The van der Waals surface area contributed by atoms with Crippen molar-refractivity contribution in [1.29, 1.82) is 0 Å². The van der Waals surface area contributed by atoms with Crippen LogP contribution < -0.4 is 16.6 Å². The lowest BCUT2D eigenvalue weighted by atomic mass is 9.94. The lowest BCUT2D eigenvalue weighted by molar-refractivity contribution is 0.0941. The molecule has 1 amide bonds. The highest BCUT2D eigenvalue weighted by Crippen LogP contribution is 2.11. The first-order valence-electron chi connectivity index (χ1n) is 7.18. The highest BCUT2D eigenvalue weighted by Gasteiger charge is 2.22. The Bertz CT molecular complexity index is 708. The van der Waals surface area contributed by atoms with Crippen LogP contribution >= 0.6 is 12.4 Å². The molecule has 2 rings (SSSR count). The molecule has 2 aromatic rings. The molecular formula is C16H22ClN3O2. The van der Waals surface area contributed by atoms with E-state index < -0.39 is 11.4 Å². The van der Waals surface area contributed by atoms with Crippen molar-refractivity contribution in [3.05, 3.63) is 46.2 Å². The first-order chi connectivity index (χ1) is 9.99. The van der Waals surface area contributed by atoms with E-state index in [1.165, 1.54) is 0 Å². The standard InChI is InChI=1S/C16H21N3O2.ClH/c1-3-16(17,4-2)10-18-14(20)12-9-11-7-5-6-8-13(11)19-15(12)21;/h5-9H,3-4,10,17H2,1-2H3,(H,18,20)(H,19,21);1H. The Hall–Kier alpha value is -1.85. The van der Waals surface area contributed by atoms with Gasteiger partial charge < -0.3 is 16.0 Å². The number of benzene rings is 1. The number of carbonyl (C=O) groups excluding carboxylic acids is 1. The van der Waals surface area contributed by atoms with Crippen LogP contribution in [0.1, 0.15) is 37.0 Å². The number of rotatable bonds is 5. The molecule has 0 atom stereocenters. The Morgan fingerprint density at radius 1 is 1.27 bits per heavy atom. The SMILES string of the molecule is CCC(N)(CC)CNC(=O)c1cc2ccccc2[nH]c1=O.Cl. The van der Waals surface area contributed by atoms with E-state index in [4.69, 9.17) is 5.73 Å². The van der Waals surface area contributed by atoms with Crippen molar-refractivity contribution < 1.29 is 4.79 Å². The molecule has 0 aliphatic rings. The van der Waals surface area contributed by atoms with Crippen LogP contribution in [0.5, 0.6) is 0 Å². The van der Waals surface area contributed by atoms with Gasteiger partial charge in [0.05, 0.1) is 0 Å². The minimum absolute atomic E-state index is 0. The zero-order chi connectivity index (χ0) is 15.5. The van der Waals surface area contributed by atoms with Gasteiger partial charge >= 0.3 is 0 Å². The Morgan fingerprint density at radius 2 is 1.91 bits per heavy atom.